The largest absolute Gasteiger partial charge is 0.471 e. The number of H-pyrrole nitrogens is 1. The molecule has 17 heteroatoms. The van der Waals surface area contributed by atoms with Gasteiger partial charge in [-0.2, -0.15) is 4.98 Å². The second-order valence-corrected chi connectivity index (χ2v) is 22.6. The molecule has 0 radical (unpaired) electrons. The molecule has 3 aliphatic heterocycles. The zero-order chi connectivity index (χ0) is 48.1. The Kier molecular flexibility index (Phi) is 12.9. The number of allylic oxidation sites excluding steroid dienone is 1. The maximum atomic E-state index is 14.5. The number of anilines is 4. The number of ether oxygens (including phenoxy) is 2. The SMILES string of the molecule is C[C@@H]1CN(c2cc(N3CCN(CC4=C(c5ccc(Cl)cc5)CC(C)(C)CC4)CC3)ccc2C(=O)NS(=O)(=O)c2ccc(NC[C@H]3CC[C@@]4(CCCO4)CC3)c([N+](=O)[O-])c2)c2cc3cc[nH]c3nc2O1. The van der Waals surface area contributed by atoms with Crippen LogP contribution in [0.2, 0.25) is 5.02 Å². The topological polar surface area (TPSA) is 175 Å². The zero-order valence-electron chi connectivity index (χ0n) is 39.6. The molecular formula is C52H61ClN8O7S. The van der Waals surface area contributed by atoms with Crippen molar-refractivity contribution < 1.29 is 27.6 Å². The number of hydrogen-bond acceptors (Lipinski definition) is 12. The molecule has 3 aromatic carbocycles. The zero-order valence-corrected chi connectivity index (χ0v) is 41.1. The number of hydrogen-bond donors (Lipinski definition) is 3. The minimum atomic E-state index is -4.58. The fraction of sp³-hybridized carbons (Fsp3) is 0.462. The van der Waals surface area contributed by atoms with Gasteiger partial charge >= 0.3 is 0 Å². The number of piperazine rings is 1. The van der Waals surface area contributed by atoms with Crippen LogP contribution >= 0.6 is 11.6 Å². The van der Waals surface area contributed by atoms with Crippen LogP contribution < -0.4 is 24.6 Å². The predicted molar refractivity (Wildman–Crippen MR) is 270 cm³/mol. The predicted octanol–water partition coefficient (Wildman–Crippen LogP) is 10.1. The number of nitrogens with zero attached hydrogens (tertiary/aromatic N) is 5. The van der Waals surface area contributed by atoms with Crippen molar-refractivity contribution in [2.75, 3.05) is 67.5 Å². The highest BCUT2D eigenvalue weighted by Crippen LogP contribution is 2.45. The number of pyridine rings is 1. The molecule has 0 bridgehead atoms. The van der Waals surface area contributed by atoms with Gasteiger partial charge in [-0.25, -0.2) is 13.1 Å². The summed E-state index contributed by atoms with van der Waals surface area (Å²) in [4.78, 5) is 40.6. The van der Waals surface area contributed by atoms with Crippen LogP contribution in [-0.4, -0.2) is 98.2 Å². The number of halogens is 1. The number of aromatic amines is 1. The Morgan fingerprint density at radius 1 is 0.971 bits per heavy atom. The first kappa shape index (κ1) is 47.0. The molecule has 10 rings (SSSR count). The number of aromatic nitrogens is 2. The van der Waals surface area contributed by atoms with Crippen LogP contribution in [0.3, 0.4) is 0 Å². The fourth-order valence-corrected chi connectivity index (χ4v) is 12.2. The lowest BCUT2D eigenvalue weighted by Crippen LogP contribution is -2.47. The van der Waals surface area contributed by atoms with Crippen LogP contribution in [0.5, 0.6) is 5.88 Å². The van der Waals surface area contributed by atoms with Crippen molar-refractivity contribution in [1.82, 2.24) is 19.6 Å². The Morgan fingerprint density at radius 2 is 1.75 bits per heavy atom. The van der Waals surface area contributed by atoms with Crippen molar-refractivity contribution in [3.63, 3.8) is 0 Å². The number of nitrogens with one attached hydrogen (secondary N) is 3. The molecule has 364 valence electrons. The normalized spacial score (nSPS) is 23.0. The number of fused-ring (bicyclic) bond motifs is 2. The summed E-state index contributed by atoms with van der Waals surface area (Å²) in [5, 5.41) is 17.2. The number of rotatable bonds is 12. The molecular weight excluding hydrogens is 916 g/mol. The average molecular weight is 978 g/mol. The number of carbonyl (C=O) groups is 1. The van der Waals surface area contributed by atoms with Crippen LogP contribution in [0.25, 0.3) is 16.6 Å². The Labute approximate surface area is 408 Å². The maximum Gasteiger partial charge on any atom is 0.293 e. The van der Waals surface area contributed by atoms with Crippen molar-refractivity contribution in [3.8, 4) is 5.88 Å². The maximum absolute atomic E-state index is 14.5. The summed E-state index contributed by atoms with van der Waals surface area (Å²) in [5.74, 6) is -0.175. The minimum absolute atomic E-state index is 0.0186. The minimum Gasteiger partial charge on any atom is -0.471 e. The van der Waals surface area contributed by atoms with E-state index in [1.54, 1.807) is 12.3 Å². The Balaban J connectivity index is 0.895. The van der Waals surface area contributed by atoms with Gasteiger partial charge in [0, 0.05) is 74.2 Å². The second-order valence-electron chi connectivity index (χ2n) is 20.5. The average Bonchev–Trinajstić information content (AvgIpc) is 4.00. The molecule has 1 amide bonds. The van der Waals surface area contributed by atoms with E-state index < -0.39 is 20.9 Å². The number of sulfonamides is 1. The number of benzene rings is 3. The van der Waals surface area contributed by atoms with Crippen molar-refractivity contribution >= 4 is 72.6 Å². The van der Waals surface area contributed by atoms with Gasteiger partial charge in [0.05, 0.1) is 33.2 Å². The lowest BCUT2D eigenvalue weighted by Gasteiger charge is -2.40. The Morgan fingerprint density at radius 3 is 2.49 bits per heavy atom. The first-order chi connectivity index (χ1) is 33.1. The molecule has 0 unspecified atom stereocenters. The van der Waals surface area contributed by atoms with Crippen molar-refractivity contribution in [3.05, 3.63) is 111 Å². The standard InChI is InChI=1S/C52H61ClN8O7S/c1-34-32-60(47-27-37-16-21-54-48(37)56-50(47)68-34)45-28-40(59-24-22-58(23-25-59)33-38-15-18-51(2,3)30-43(38)36-5-7-39(53)8-6-36)9-11-42(45)49(62)57-69(65,66)41-10-12-44(46(29-41)61(63)64)55-31-35-13-19-52(20-14-35)17-4-26-67-52/h5-12,16,21,27-29,34-35,55H,4,13-15,17-20,22-26,30-33H2,1-3H3,(H,54,56)(H,57,62)/t34-,35-,52-/m1/s1. The molecule has 1 spiro atoms. The van der Waals surface area contributed by atoms with E-state index in [0.29, 0.717) is 41.9 Å². The molecule has 69 heavy (non-hydrogen) atoms. The quantitative estimate of drug-likeness (QED) is 0.0798. The van der Waals surface area contributed by atoms with Crippen LogP contribution in [0, 0.1) is 21.4 Å². The van der Waals surface area contributed by atoms with E-state index >= 15 is 0 Å². The third kappa shape index (κ3) is 10.0. The van der Waals surface area contributed by atoms with Gasteiger partial charge < -0.3 is 29.6 Å². The number of nitro benzene ring substituents is 1. The number of carbonyl (C=O) groups excluding carboxylic acids is 1. The summed E-state index contributed by atoms with van der Waals surface area (Å²) < 4.78 is 42.7. The molecule has 5 heterocycles. The lowest BCUT2D eigenvalue weighted by atomic mass is 9.72. The third-order valence-electron chi connectivity index (χ3n) is 15.1. The summed E-state index contributed by atoms with van der Waals surface area (Å²) in [6.45, 7) is 12.3. The van der Waals surface area contributed by atoms with Crippen LogP contribution in [0.15, 0.2) is 89.5 Å². The van der Waals surface area contributed by atoms with Gasteiger partial charge in [-0.1, -0.05) is 43.2 Å². The van der Waals surface area contributed by atoms with E-state index in [-0.39, 0.29) is 39.0 Å². The van der Waals surface area contributed by atoms with E-state index in [4.69, 9.17) is 26.1 Å². The van der Waals surface area contributed by atoms with Gasteiger partial charge in [0.2, 0.25) is 5.88 Å². The highest BCUT2D eigenvalue weighted by Gasteiger charge is 2.39. The van der Waals surface area contributed by atoms with E-state index in [9.17, 15) is 23.3 Å². The van der Waals surface area contributed by atoms with E-state index in [2.05, 4.69) is 50.8 Å². The molecule has 2 saturated heterocycles. The molecule has 3 fully saturated rings. The smallest absolute Gasteiger partial charge is 0.293 e. The molecule has 5 aliphatic rings. The van der Waals surface area contributed by atoms with Gasteiger partial charge in [-0.3, -0.25) is 19.8 Å². The third-order valence-corrected chi connectivity index (χ3v) is 16.6. The number of nitro groups is 1. The van der Waals surface area contributed by atoms with Gasteiger partial charge in [0.1, 0.15) is 23.1 Å². The second kappa shape index (κ2) is 18.9. The molecule has 3 N–H and O–H groups in total. The highest BCUT2D eigenvalue weighted by atomic mass is 35.5. The van der Waals surface area contributed by atoms with Crippen molar-refractivity contribution in [2.45, 2.75) is 95.2 Å². The molecule has 2 aromatic heterocycles. The van der Waals surface area contributed by atoms with Crippen LogP contribution in [-0.2, 0) is 14.8 Å². The summed E-state index contributed by atoms with van der Waals surface area (Å²) in [5.41, 5.74) is 6.96. The van der Waals surface area contributed by atoms with E-state index in [1.165, 1.54) is 28.8 Å². The molecule has 15 nitrogen and oxygen atoms in total. The van der Waals surface area contributed by atoms with Crippen molar-refractivity contribution in [1.29, 1.82) is 0 Å². The molecule has 1 saturated carbocycles. The van der Waals surface area contributed by atoms with Gasteiger partial charge in [0.15, 0.2) is 0 Å². The fourth-order valence-electron chi connectivity index (χ4n) is 11.1. The summed E-state index contributed by atoms with van der Waals surface area (Å²) in [7, 11) is -4.58. The molecule has 5 aromatic rings. The van der Waals surface area contributed by atoms with E-state index in [1.807, 2.05) is 48.2 Å². The Bertz CT molecular complexity index is 2900. The highest BCUT2D eigenvalue weighted by molar-refractivity contribution is 7.90. The Hall–Kier alpha value is -5.68. The summed E-state index contributed by atoms with van der Waals surface area (Å²) in [6, 6.07) is 21.3. The van der Waals surface area contributed by atoms with Gasteiger partial charge in [0.25, 0.3) is 21.6 Å². The van der Waals surface area contributed by atoms with E-state index in [0.717, 1.165) is 119 Å². The summed E-state index contributed by atoms with van der Waals surface area (Å²) >= 11 is 6.28. The van der Waals surface area contributed by atoms with Gasteiger partial charge in [-0.05, 0) is 142 Å². The van der Waals surface area contributed by atoms with Crippen molar-refractivity contribution in [2.24, 2.45) is 11.3 Å². The first-order valence-electron chi connectivity index (χ1n) is 24.3. The van der Waals surface area contributed by atoms with Crippen LogP contribution in [0.1, 0.15) is 94.5 Å². The summed E-state index contributed by atoms with van der Waals surface area (Å²) in [6.07, 6.45) is 10.7. The molecule has 1 atom stereocenters. The van der Waals surface area contributed by atoms with Gasteiger partial charge in [-0.15, -0.1) is 0 Å². The lowest BCUT2D eigenvalue weighted by molar-refractivity contribution is -0.384. The first-order valence-corrected chi connectivity index (χ1v) is 26.2. The molecule has 2 aliphatic carbocycles. The number of amides is 1. The monoisotopic (exact) mass is 976 g/mol. The van der Waals surface area contributed by atoms with Crippen LogP contribution in [0.4, 0.5) is 28.4 Å².